The van der Waals surface area contributed by atoms with Gasteiger partial charge in [-0.25, -0.2) is 0 Å². The number of aliphatic hydroxyl groups is 1. The summed E-state index contributed by atoms with van der Waals surface area (Å²) in [7, 11) is 1.57. The Kier molecular flexibility index (Phi) is 5.46. The number of benzene rings is 1. The van der Waals surface area contributed by atoms with Gasteiger partial charge in [-0.05, 0) is 44.0 Å². The first-order valence-corrected chi connectivity index (χ1v) is 8.83. The fourth-order valence-corrected chi connectivity index (χ4v) is 3.31. The molecule has 0 bridgehead atoms. The van der Waals surface area contributed by atoms with E-state index in [4.69, 9.17) is 15.0 Å². The molecule has 1 aromatic heterocycles. The Morgan fingerprint density at radius 1 is 1.30 bits per heavy atom. The quantitative estimate of drug-likeness (QED) is 0.824. The van der Waals surface area contributed by atoms with Crippen molar-refractivity contribution < 1.29 is 24.0 Å². The topological polar surface area (TPSA) is 119 Å². The second-order valence-corrected chi connectivity index (χ2v) is 6.65. The molecule has 0 aliphatic carbocycles. The number of carbonyl (C=O) groups excluding carboxylic acids is 2. The number of amides is 2. The molecule has 0 spiro atoms. The largest absolute Gasteiger partial charge is 0.497 e. The molecule has 2 heterocycles. The number of methoxy groups -OCH3 is 1. The number of primary amides is 1. The average Bonchev–Trinajstić information content (AvgIpc) is 3.13. The maximum atomic E-state index is 12.9. The highest BCUT2D eigenvalue weighted by atomic mass is 16.5. The molecule has 2 aromatic rings. The van der Waals surface area contributed by atoms with E-state index in [2.05, 4.69) is 5.16 Å². The summed E-state index contributed by atoms with van der Waals surface area (Å²) in [5.74, 6) is -0.188. The molecule has 0 unspecified atom stereocenters. The van der Waals surface area contributed by atoms with Crippen LogP contribution in [0, 0.1) is 5.92 Å². The molecule has 8 heteroatoms. The third-order valence-electron chi connectivity index (χ3n) is 4.89. The molecular formula is C19H23N3O5. The van der Waals surface area contributed by atoms with Crippen molar-refractivity contribution in [1.82, 2.24) is 10.1 Å². The first-order valence-electron chi connectivity index (χ1n) is 8.83. The van der Waals surface area contributed by atoms with Crippen molar-refractivity contribution in [1.29, 1.82) is 0 Å². The Labute approximate surface area is 156 Å². The molecule has 2 amide bonds. The molecule has 1 fully saturated rings. The standard InChI is InChI=1S/C19H23N3O5/c1-11(23)15-16(12-3-5-14(26-2)6-4-12)21-27-17(15)19(25)22-9-7-13(8-10-22)18(20)24/h3-6,11,13,23H,7-10H2,1-2H3,(H2,20,24)/t11-/m0/s1. The SMILES string of the molecule is COc1ccc(-c2noc(C(=O)N3CCC(C(N)=O)CC3)c2[C@H](C)O)cc1. The second-order valence-electron chi connectivity index (χ2n) is 6.65. The highest BCUT2D eigenvalue weighted by Crippen LogP contribution is 2.32. The molecule has 27 heavy (non-hydrogen) atoms. The average molecular weight is 373 g/mol. The van der Waals surface area contributed by atoms with E-state index >= 15 is 0 Å². The number of carbonyl (C=O) groups is 2. The fraction of sp³-hybridized carbons (Fsp3) is 0.421. The molecule has 3 N–H and O–H groups in total. The highest BCUT2D eigenvalue weighted by Gasteiger charge is 2.32. The van der Waals surface area contributed by atoms with E-state index in [-0.39, 0.29) is 23.5 Å². The van der Waals surface area contributed by atoms with E-state index in [1.165, 1.54) is 0 Å². The molecule has 1 aromatic carbocycles. The van der Waals surface area contributed by atoms with Crippen LogP contribution >= 0.6 is 0 Å². The van der Waals surface area contributed by atoms with Crippen molar-refractivity contribution in [2.24, 2.45) is 11.7 Å². The van der Waals surface area contributed by atoms with E-state index in [0.717, 1.165) is 0 Å². The predicted molar refractivity (Wildman–Crippen MR) is 96.9 cm³/mol. The van der Waals surface area contributed by atoms with Crippen molar-refractivity contribution in [3.63, 3.8) is 0 Å². The lowest BCUT2D eigenvalue weighted by Gasteiger charge is -2.30. The van der Waals surface area contributed by atoms with Crippen LogP contribution in [0.2, 0.25) is 0 Å². The lowest BCUT2D eigenvalue weighted by molar-refractivity contribution is -0.123. The number of aliphatic hydroxyl groups excluding tert-OH is 1. The van der Waals surface area contributed by atoms with Crippen molar-refractivity contribution in [2.45, 2.75) is 25.9 Å². The predicted octanol–water partition coefficient (Wildman–Crippen LogP) is 1.74. The van der Waals surface area contributed by atoms with Crippen LogP contribution in [-0.4, -0.2) is 47.2 Å². The number of hydrogen-bond donors (Lipinski definition) is 2. The Morgan fingerprint density at radius 2 is 1.93 bits per heavy atom. The number of nitrogens with two attached hydrogens (primary N) is 1. The minimum Gasteiger partial charge on any atom is -0.497 e. The van der Waals surface area contributed by atoms with Crippen LogP contribution in [0.25, 0.3) is 11.3 Å². The molecule has 144 valence electrons. The van der Waals surface area contributed by atoms with Crippen LogP contribution in [0.15, 0.2) is 28.8 Å². The normalized spacial score (nSPS) is 16.2. The van der Waals surface area contributed by atoms with Crippen LogP contribution in [0.4, 0.5) is 0 Å². The summed E-state index contributed by atoms with van der Waals surface area (Å²) in [6.45, 7) is 2.38. The van der Waals surface area contributed by atoms with Crippen LogP contribution in [0.3, 0.4) is 0 Å². The van der Waals surface area contributed by atoms with Gasteiger partial charge in [0.25, 0.3) is 5.91 Å². The minimum absolute atomic E-state index is 0.0216. The van der Waals surface area contributed by atoms with Gasteiger partial charge in [-0.15, -0.1) is 0 Å². The van der Waals surface area contributed by atoms with Crippen LogP contribution in [0.5, 0.6) is 5.75 Å². The summed E-state index contributed by atoms with van der Waals surface area (Å²) in [4.78, 5) is 25.8. The van der Waals surface area contributed by atoms with Gasteiger partial charge in [0.05, 0.1) is 18.8 Å². The van der Waals surface area contributed by atoms with Crippen molar-refractivity contribution >= 4 is 11.8 Å². The first kappa shape index (κ1) is 18.9. The van der Waals surface area contributed by atoms with Gasteiger partial charge in [-0.2, -0.15) is 0 Å². The van der Waals surface area contributed by atoms with Gasteiger partial charge in [0.2, 0.25) is 11.7 Å². The van der Waals surface area contributed by atoms with Crippen molar-refractivity contribution in [3.8, 4) is 17.0 Å². The number of aromatic nitrogens is 1. The maximum absolute atomic E-state index is 12.9. The van der Waals surface area contributed by atoms with Crippen LogP contribution < -0.4 is 10.5 Å². The number of ether oxygens (including phenoxy) is 1. The molecule has 1 saturated heterocycles. The number of rotatable bonds is 5. The third kappa shape index (κ3) is 3.80. The van der Waals surface area contributed by atoms with Gasteiger partial charge in [-0.3, -0.25) is 9.59 Å². The van der Waals surface area contributed by atoms with Crippen molar-refractivity contribution in [2.75, 3.05) is 20.2 Å². The fourth-order valence-electron chi connectivity index (χ4n) is 3.31. The first-order chi connectivity index (χ1) is 12.9. The van der Waals surface area contributed by atoms with Gasteiger partial charge in [-0.1, -0.05) is 5.16 Å². The van der Waals surface area contributed by atoms with Gasteiger partial charge >= 0.3 is 0 Å². The van der Waals surface area contributed by atoms with E-state index in [1.54, 1.807) is 43.2 Å². The van der Waals surface area contributed by atoms with Gasteiger partial charge in [0.1, 0.15) is 11.4 Å². The molecule has 0 saturated carbocycles. The summed E-state index contributed by atoms with van der Waals surface area (Å²) in [5.41, 5.74) is 6.82. The van der Waals surface area contributed by atoms with Gasteiger partial charge < -0.3 is 25.0 Å². The lowest BCUT2D eigenvalue weighted by Crippen LogP contribution is -2.41. The lowest BCUT2D eigenvalue weighted by atomic mass is 9.95. The molecule has 0 radical (unpaired) electrons. The molecular weight excluding hydrogens is 350 g/mol. The zero-order chi connectivity index (χ0) is 19.6. The zero-order valence-electron chi connectivity index (χ0n) is 15.3. The van der Waals surface area contributed by atoms with E-state index < -0.39 is 6.10 Å². The Hall–Kier alpha value is -2.87. The van der Waals surface area contributed by atoms with E-state index in [0.29, 0.717) is 48.5 Å². The van der Waals surface area contributed by atoms with E-state index in [9.17, 15) is 14.7 Å². The number of nitrogens with zero attached hydrogens (tertiary/aromatic N) is 2. The molecule has 1 aliphatic rings. The Balaban J connectivity index is 1.86. The maximum Gasteiger partial charge on any atom is 0.292 e. The summed E-state index contributed by atoms with van der Waals surface area (Å²) in [5, 5.41) is 14.3. The summed E-state index contributed by atoms with van der Waals surface area (Å²) in [6.07, 6.45) is 0.102. The minimum atomic E-state index is -0.935. The van der Waals surface area contributed by atoms with Crippen molar-refractivity contribution in [3.05, 3.63) is 35.6 Å². The van der Waals surface area contributed by atoms with Gasteiger partial charge in [0, 0.05) is 24.6 Å². The molecule has 1 aliphatic heterocycles. The summed E-state index contributed by atoms with van der Waals surface area (Å²) < 4.78 is 10.5. The molecule has 8 nitrogen and oxygen atoms in total. The van der Waals surface area contributed by atoms with Crippen LogP contribution in [-0.2, 0) is 4.79 Å². The van der Waals surface area contributed by atoms with E-state index in [1.807, 2.05) is 0 Å². The zero-order valence-corrected chi connectivity index (χ0v) is 15.3. The number of likely N-dealkylation sites (tertiary alicyclic amines) is 1. The molecule has 1 atom stereocenters. The Morgan fingerprint density at radius 3 is 2.44 bits per heavy atom. The summed E-state index contributed by atoms with van der Waals surface area (Å²) in [6, 6.07) is 7.11. The van der Waals surface area contributed by atoms with Gasteiger partial charge in [0.15, 0.2) is 0 Å². The van der Waals surface area contributed by atoms with Crippen LogP contribution in [0.1, 0.15) is 42.0 Å². The monoisotopic (exact) mass is 373 g/mol. The smallest absolute Gasteiger partial charge is 0.292 e. The number of piperidine rings is 1. The number of hydrogen-bond acceptors (Lipinski definition) is 6. The molecule has 3 rings (SSSR count). The second kappa shape index (κ2) is 7.79. The summed E-state index contributed by atoms with van der Waals surface area (Å²) >= 11 is 0. The third-order valence-corrected chi connectivity index (χ3v) is 4.89. The Bertz CT molecular complexity index is 820. The highest BCUT2D eigenvalue weighted by molar-refractivity contribution is 5.95.